The molecule has 3 N–H and O–H groups in total. The Kier molecular flexibility index (Phi) is 3.37. The average Bonchev–Trinajstić information content (AvgIpc) is 2.26. The summed E-state index contributed by atoms with van der Waals surface area (Å²) in [5, 5.41) is 16.3. The highest BCUT2D eigenvalue weighted by Gasteiger charge is 2.31. The highest BCUT2D eigenvalue weighted by Crippen LogP contribution is 2.23. The molecular weight excluding hydrogens is 260 g/mol. The van der Waals surface area contributed by atoms with E-state index in [-0.39, 0.29) is 16.9 Å². The summed E-state index contributed by atoms with van der Waals surface area (Å²) in [6.45, 7) is 1.85. The zero-order valence-corrected chi connectivity index (χ0v) is 10.5. The lowest BCUT2D eigenvalue weighted by Crippen LogP contribution is -2.52. The van der Waals surface area contributed by atoms with Crippen LogP contribution in [0.15, 0.2) is 0 Å². The monoisotopic (exact) mass is 272 g/mol. The van der Waals surface area contributed by atoms with Crippen molar-refractivity contribution in [1.29, 1.82) is 0 Å². The van der Waals surface area contributed by atoms with Crippen molar-refractivity contribution >= 4 is 29.5 Å². The number of nitrogens with two attached hydrogens (primary N) is 1. The minimum absolute atomic E-state index is 0.0847. The molecule has 1 amide bonds. The Balaban J connectivity index is 1.89. The lowest BCUT2D eigenvalue weighted by molar-refractivity contribution is 0.145. The van der Waals surface area contributed by atoms with Gasteiger partial charge < -0.3 is 20.6 Å². The standard InChI is InChI=1S/C9H13ClN6O2/c1-15(9(17)18)2-5-3-16(4-5)8-12-7(11)6(10)13-14-8/h5H,2-4H2,1H3,(H,17,18)(H2,11,12,14). The van der Waals surface area contributed by atoms with Gasteiger partial charge in [-0.2, -0.15) is 4.98 Å². The number of halogens is 1. The van der Waals surface area contributed by atoms with Crippen LogP contribution in [0.2, 0.25) is 5.15 Å². The Bertz CT molecular complexity index is 464. The fraction of sp³-hybridized carbons (Fsp3) is 0.556. The van der Waals surface area contributed by atoms with Crippen molar-refractivity contribution in [3.63, 3.8) is 0 Å². The van der Waals surface area contributed by atoms with E-state index in [1.165, 1.54) is 4.90 Å². The number of amides is 1. The van der Waals surface area contributed by atoms with Crippen molar-refractivity contribution in [3.05, 3.63) is 5.15 Å². The van der Waals surface area contributed by atoms with Crippen LogP contribution in [-0.2, 0) is 0 Å². The van der Waals surface area contributed by atoms with Crippen LogP contribution >= 0.6 is 11.6 Å². The van der Waals surface area contributed by atoms with Crippen LogP contribution in [0.4, 0.5) is 16.6 Å². The molecule has 1 aliphatic heterocycles. The first-order chi connectivity index (χ1) is 8.47. The smallest absolute Gasteiger partial charge is 0.407 e. The van der Waals surface area contributed by atoms with Gasteiger partial charge in [0.25, 0.3) is 0 Å². The van der Waals surface area contributed by atoms with Crippen LogP contribution in [0.1, 0.15) is 0 Å². The van der Waals surface area contributed by atoms with Gasteiger partial charge in [-0.15, -0.1) is 10.2 Å². The highest BCUT2D eigenvalue weighted by molar-refractivity contribution is 6.31. The fourth-order valence-corrected chi connectivity index (χ4v) is 1.84. The Morgan fingerprint density at radius 2 is 2.28 bits per heavy atom. The van der Waals surface area contributed by atoms with Gasteiger partial charge >= 0.3 is 6.09 Å². The van der Waals surface area contributed by atoms with Crippen LogP contribution in [0.3, 0.4) is 0 Å². The van der Waals surface area contributed by atoms with Crippen LogP contribution in [-0.4, -0.2) is 58.0 Å². The molecule has 18 heavy (non-hydrogen) atoms. The number of carbonyl (C=O) groups is 1. The van der Waals surface area contributed by atoms with E-state index < -0.39 is 6.09 Å². The summed E-state index contributed by atoms with van der Waals surface area (Å²) in [4.78, 5) is 17.8. The number of hydrogen-bond donors (Lipinski definition) is 2. The number of rotatable bonds is 3. The lowest BCUT2D eigenvalue weighted by Gasteiger charge is -2.40. The molecule has 0 aliphatic carbocycles. The van der Waals surface area contributed by atoms with Crippen molar-refractivity contribution in [2.24, 2.45) is 5.92 Å². The largest absolute Gasteiger partial charge is 0.465 e. The third-order valence-corrected chi connectivity index (χ3v) is 3.03. The summed E-state index contributed by atoms with van der Waals surface area (Å²) < 4.78 is 0. The Morgan fingerprint density at radius 3 is 2.83 bits per heavy atom. The molecule has 0 spiro atoms. The van der Waals surface area contributed by atoms with Crippen molar-refractivity contribution in [1.82, 2.24) is 20.1 Å². The molecule has 0 atom stereocenters. The predicted octanol–water partition coefficient (Wildman–Crippen LogP) is 0.153. The molecule has 0 radical (unpaired) electrons. The van der Waals surface area contributed by atoms with Gasteiger partial charge in [0.05, 0.1) is 0 Å². The molecule has 1 saturated heterocycles. The summed E-state index contributed by atoms with van der Waals surface area (Å²) in [5.41, 5.74) is 5.53. The third kappa shape index (κ3) is 2.53. The second-order valence-electron chi connectivity index (χ2n) is 4.22. The van der Waals surface area contributed by atoms with E-state index in [2.05, 4.69) is 15.2 Å². The van der Waals surface area contributed by atoms with Gasteiger partial charge in [-0.25, -0.2) is 4.79 Å². The summed E-state index contributed by atoms with van der Waals surface area (Å²) >= 11 is 5.63. The van der Waals surface area contributed by atoms with Gasteiger partial charge in [-0.1, -0.05) is 11.6 Å². The first kappa shape index (κ1) is 12.6. The molecule has 0 unspecified atom stereocenters. The summed E-state index contributed by atoms with van der Waals surface area (Å²) in [5.74, 6) is 0.838. The van der Waals surface area contributed by atoms with Gasteiger partial charge in [0.2, 0.25) is 5.95 Å². The zero-order chi connectivity index (χ0) is 13.3. The molecular formula is C9H13ClN6O2. The normalized spacial score (nSPS) is 15.3. The molecule has 98 valence electrons. The van der Waals surface area contributed by atoms with E-state index in [1.54, 1.807) is 7.05 Å². The van der Waals surface area contributed by atoms with E-state index in [0.29, 0.717) is 25.6 Å². The van der Waals surface area contributed by atoms with Crippen LogP contribution in [0.25, 0.3) is 0 Å². The Hall–Kier alpha value is -1.83. The number of nitrogens with zero attached hydrogens (tertiary/aromatic N) is 5. The minimum Gasteiger partial charge on any atom is -0.465 e. The quantitative estimate of drug-likeness (QED) is 0.806. The molecule has 1 aromatic rings. The topological polar surface area (TPSA) is 108 Å². The van der Waals surface area contributed by atoms with Crippen LogP contribution in [0.5, 0.6) is 0 Å². The van der Waals surface area contributed by atoms with Crippen molar-refractivity contribution in [3.8, 4) is 0 Å². The molecule has 0 bridgehead atoms. The third-order valence-electron chi connectivity index (χ3n) is 2.76. The van der Waals surface area contributed by atoms with Crippen LogP contribution < -0.4 is 10.6 Å². The van der Waals surface area contributed by atoms with E-state index in [4.69, 9.17) is 22.4 Å². The molecule has 0 aromatic carbocycles. The number of nitrogen functional groups attached to an aromatic ring is 1. The molecule has 1 aliphatic rings. The summed E-state index contributed by atoms with van der Waals surface area (Å²) in [7, 11) is 1.54. The average molecular weight is 273 g/mol. The van der Waals surface area contributed by atoms with Crippen molar-refractivity contribution in [2.75, 3.05) is 37.3 Å². The molecule has 8 nitrogen and oxygen atoms in total. The summed E-state index contributed by atoms with van der Waals surface area (Å²) in [6, 6.07) is 0. The maximum Gasteiger partial charge on any atom is 0.407 e. The Labute approximate surface area is 108 Å². The van der Waals surface area contributed by atoms with E-state index in [9.17, 15) is 4.79 Å². The number of anilines is 2. The molecule has 1 fully saturated rings. The Morgan fingerprint density at radius 1 is 1.61 bits per heavy atom. The second kappa shape index (κ2) is 4.81. The molecule has 1 aromatic heterocycles. The zero-order valence-electron chi connectivity index (χ0n) is 9.75. The van der Waals surface area contributed by atoms with Gasteiger partial charge in [0.1, 0.15) is 0 Å². The van der Waals surface area contributed by atoms with Crippen LogP contribution in [0, 0.1) is 5.92 Å². The van der Waals surface area contributed by atoms with E-state index in [1.807, 2.05) is 4.90 Å². The second-order valence-corrected chi connectivity index (χ2v) is 4.58. The molecule has 0 saturated carbocycles. The maximum absolute atomic E-state index is 10.7. The molecule has 9 heteroatoms. The van der Waals surface area contributed by atoms with Gasteiger partial charge in [0, 0.05) is 32.6 Å². The molecule has 2 heterocycles. The van der Waals surface area contributed by atoms with Crippen molar-refractivity contribution < 1.29 is 9.90 Å². The number of carboxylic acid groups (broad SMARTS) is 1. The number of aromatic nitrogens is 3. The SMILES string of the molecule is CN(CC1CN(c2nnc(Cl)c(N)n2)C1)C(=O)O. The van der Waals surface area contributed by atoms with Gasteiger partial charge in [-0.3, -0.25) is 0 Å². The van der Waals surface area contributed by atoms with Gasteiger partial charge in [-0.05, 0) is 0 Å². The maximum atomic E-state index is 10.7. The van der Waals surface area contributed by atoms with E-state index >= 15 is 0 Å². The first-order valence-corrected chi connectivity index (χ1v) is 5.70. The number of hydrogen-bond acceptors (Lipinski definition) is 6. The summed E-state index contributed by atoms with van der Waals surface area (Å²) in [6.07, 6.45) is -0.929. The lowest BCUT2D eigenvalue weighted by atomic mass is 10.0. The van der Waals surface area contributed by atoms with Crippen molar-refractivity contribution in [2.45, 2.75) is 0 Å². The molecule has 2 rings (SSSR count). The predicted molar refractivity (Wildman–Crippen MR) is 65.6 cm³/mol. The first-order valence-electron chi connectivity index (χ1n) is 5.32. The van der Waals surface area contributed by atoms with E-state index in [0.717, 1.165) is 0 Å². The van der Waals surface area contributed by atoms with Gasteiger partial charge in [0.15, 0.2) is 11.0 Å². The highest BCUT2D eigenvalue weighted by atomic mass is 35.5. The fourth-order valence-electron chi connectivity index (χ4n) is 1.76. The minimum atomic E-state index is -0.929.